The predicted octanol–water partition coefficient (Wildman–Crippen LogP) is 2.28. The van der Waals surface area contributed by atoms with Crippen LogP contribution >= 0.6 is 11.3 Å². The van der Waals surface area contributed by atoms with E-state index in [2.05, 4.69) is 20.3 Å². The summed E-state index contributed by atoms with van der Waals surface area (Å²) >= 11 is 1.27. The minimum absolute atomic E-state index is 0.0195. The molecule has 2 N–H and O–H groups in total. The van der Waals surface area contributed by atoms with Crippen LogP contribution in [-0.4, -0.2) is 38.0 Å². The van der Waals surface area contributed by atoms with Gasteiger partial charge in [0.25, 0.3) is 5.91 Å². The standard InChI is InChI=1S/C16H18N4O3S/c1-9-12(24-15(19-9)13-17-7-2-8-18-13)14(21)20-11-5-3-10(4-6-11)16(22)23/h2,7-8,10-11H,3-6H2,1H3,(H,20,21)(H,22,23). The SMILES string of the molecule is Cc1nc(-c2ncccn2)sc1C(=O)NC1CCC(C(=O)O)CC1. The molecule has 0 aromatic carbocycles. The maximum atomic E-state index is 12.5. The Hall–Kier alpha value is -2.35. The molecule has 1 aliphatic rings. The molecule has 8 heteroatoms. The summed E-state index contributed by atoms with van der Waals surface area (Å²) in [5, 5.41) is 12.6. The average Bonchev–Trinajstić information content (AvgIpc) is 2.98. The van der Waals surface area contributed by atoms with Crippen molar-refractivity contribution < 1.29 is 14.7 Å². The normalized spacial score (nSPS) is 20.5. The molecule has 0 unspecified atom stereocenters. The van der Waals surface area contributed by atoms with Gasteiger partial charge < -0.3 is 10.4 Å². The lowest BCUT2D eigenvalue weighted by Crippen LogP contribution is -2.38. The molecule has 1 saturated carbocycles. The highest BCUT2D eigenvalue weighted by molar-refractivity contribution is 7.17. The quantitative estimate of drug-likeness (QED) is 0.880. The van der Waals surface area contributed by atoms with E-state index in [0.29, 0.717) is 47.1 Å². The van der Waals surface area contributed by atoms with E-state index >= 15 is 0 Å². The Morgan fingerprint density at radius 2 is 1.88 bits per heavy atom. The van der Waals surface area contributed by atoms with Gasteiger partial charge in [0.15, 0.2) is 10.8 Å². The summed E-state index contributed by atoms with van der Waals surface area (Å²) in [6.07, 6.45) is 5.86. The van der Waals surface area contributed by atoms with Gasteiger partial charge in [0.1, 0.15) is 4.88 Å². The summed E-state index contributed by atoms with van der Waals surface area (Å²) in [6.45, 7) is 1.79. The van der Waals surface area contributed by atoms with E-state index in [-0.39, 0.29) is 17.9 Å². The number of carbonyl (C=O) groups excluding carboxylic acids is 1. The Balaban J connectivity index is 1.66. The number of amides is 1. The maximum Gasteiger partial charge on any atom is 0.306 e. The third kappa shape index (κ3) is 3.59. The first kappa shape index (κ1) is 16.5. The molecule has 1 amide bonds. The van der Waals surface area contributed by atoms with Crippen LogP contribution in [0.1, 0.15) is 41.0 Å². The number of hydrogen-bond donors (Lipinski definition) is 2. The van der Waals surface area contributed by atoms with Gasteiger partial charge in [-0.25, -0.2) is 15.0 Å². The van der Waals surface area contributed by atoms with Crippen LogP contribution in [0.25, 0.3) is 10.8 Å². The Bertz CT molecular complexity index is 739. The number of rotatable bonds is 4. The van der Waals surface area contributed by atoms with Crippen LogP contribution in [0, 0.1) is 12.8 Å². The topological polar surface area (TPSA) is 105 Å². The molecule has 0 aliphatic heterocycles. The largest absolute Gasteiger partial charge is 0.481 e. The van der Waals surface area contributed by atoms with Crippen LogP contribution in [-0.2, 0) is 4.79 Å². The highest BCUT2D eigenvalue weighted by Crippen LogP contribution is 2.27. The molecule has 7 nitrogen and oxygen atoms in total. The molecule has 0 atom stereocenters. The zero-order valence-corrected chi connectivity index (χ0v) is 14.0. The van der Waals surface area contributed by atoms with Crippen molar-refractivity contribution in [3.8, 4) is 10.8 Å². The van der Waals surface area contributed by atoms with Gasteiger partial charge in [-0.3, -0.25) is 9.59 Å². The summed E-state index contributed by atoms with van der Waals surface area (Å²) in [5.74, 6) is -0.687. The number of aliphatic carboxylic acids is 1. The first-order valence-corrected chi connectivity index (χ1v) is 8.64. The molecular formula is C16H18N4O3S. The van der Waals surface area contributed by atoms with Crippen molar-refractivity contribution >= 4 is 23.2 Å². The highest BCUT2D eigenvalue weighted by Gasteiger charge is 2.28. The average molecular weight is 346 g/mol. The van der Waals surface area contributed by atoms with Crippen molar-refractivity contribution in [2.24, 2.45) is 5.92 Å². The van der Waals surface area contributed by atoms with Gasteiger partial charge in [-0.05, 0) is 38.7 Å². The fourth-order valence-corrected chi connectivity index (χ4v) is 3.77. The molecule has 0 radical (unpaired) electrons. The van der Waals surface area contributed by atoms with E-state index in [1.807, 2.05) is 0 Å². The lowest BCUT2D eigenvalue weighted by atomic mass is 9.86. The Labute approximate surface area is 143 Å². The first-order chi connectivity index (χ1) is 11.5. The summed E-state index contributed by atoms with van der Waals surface area (Å²) in [7, 11) is 0. The number of aromatic nitrogens is 3. The fraction of sp³-hybridized carbons (Fsp3) is 0.438. The van der Waals surface area contributed by atoms with E-state index in [1.165, 1.54) is 11.3 Å². The lowest BCUT2D eigenvalue weighted by Gasteiger charge is -2.26. The molecule has 3 rings (SSSR count). The Morgan fingerprint density at radius 1 is 1.21 bits per heavy atom. The molecular weight excluding hydrogens is 328 g/mol. The zero-order valence-electron chi connectivity index (χ0n) is 13.2. The van der Waals surface area contributed by atoms with E-state index < -0.39 is 5.97 Å². The third-order valence-electron chi connectivity index (χ3n) is 4.17. The second-order valence-corrected chi connectivity index (χ2v) is 6.87. The molecule has 2 aromatic rings. The molecule has 2 aromatic heterocycles. The minimum atomic E-state index is -0.745. The van der Waals surface area contributed by atoms with E-state index in [0.717, 1.165) is 0 Å². The number of carbonyl (C=O) groups is 2. The van der Waals surface area contributed by atoms with E-state index in [4.69, 9.17) is 5.11 Å². The predicted molar refractivity (Wildman–Crippen MR) is 88.7 cm³/mol. The molecule has 1 fully saturated rings. The molecule has 126 valence electrons. The van der Waals surface area contributed by atoms with Gasteiger partial charge in [0.05, 0.1) is 11.6 Å². The van der Waals surface area contributed by atoms with Gasteiger partial charge >= 0.3 is 5.97 Å². The van der Waals surface area contributed by atoms with Crippen LogP contribution in [0.3, 0.4) is 0 Å². The van der Waals surface area contributed by atoms with Gasteiger partial charge in [0, 0.05) is 18.4 Å². The first-order valence-electron chi connectivity index (χ1n) is 7.83. The fourth-order valence-electron chi connectivity index (χ4n) is 2.85. The zero-order chi connectivity index (χ0) is 17.1. The number of aryl methyl sites for hydroxylation is 1. The summed E-state index contributed by atoms with van der Waals surface area (Å²) in [6, 6.07) is 1.75. The van der Waals surface area contributed by atoms with Gasteiger partial charge in [0.2, 0.25) is 0 Å². The van der Waals surface area contributed by atoms with Crippen molar-refractivity contribution in [2.75, 3.05) is 0 Å². The number of hydrogen-bond acceptors (Lipinski definition) is 6. The van der Waals surface area contributed by atoms with E-state index in [9.17, 15) is 9.59 Å². The second kappa shape index (κ2) is 7.04. The smallest absolute Gasteiger partial charge is 0.306 e. The van der Waals surface area contributed by atoms with E-state index in [1.54, 1.807) is 25.4 Å². The number of carboxylic acids is 1. The molecule has 0 saturated heterocycles. The number of carboxylic acid groups (broad SMARTS) is 1. The summed E-state index contributed by atoms with van der Waals surface area (Å²) in [5.41, 5.74) is 0.652. The second-order valence-electron chi connectivity index (χ2n) is 5.87. The summed E-state index contributed by atoms with van der Waals surface area (Å²) < 4.78 is 0. The van der Waals surface area contributed by atoms with Crippen molar-refractivity contribution in [1.29, 1.82) is 0 Å². The van der Waals surface area contributed by atoms with Gasteiger partial charge in [-0.1, -0.05) is 0 Å². The van der Waals surface area contributed by atoms with Crippen molar-refractivity contribution in [2.45, 2.75) is 38.6 Å². The molecule has 0 spiro atoms. The van der Waals surface area contributed by atoms with Crippen LogP contribution in [0.4, 0.5) is 0 Å². The monoisotopic (exact) mass is 346 g/mol. The number of thiazole rings is 1. The van der Waals surface area contributed by atoms with Crippen LogP contribution < -0.4 is 5.32 Å². The van der Waals surface area contributed by atoms with Crippen LogP contribution in [0.15, 0.2) is 18.5 Å². The number of nitrogens with one attached hydrogen (secondary N) is 1. The third-order valence-corrected chi connectivity index (χ3v) is 5.32. The Kier molecular flexibility index (Phi) is 4.84. The van der Waals surface area contributed by atoms with Crippen molar-refractivity contribution in [3.63, 3.8) is 0 Å². The van der Waals surface area contributed by atoms with Crippen molar-refractivity contribution in [1.82, 2.24) is 20.3 Å². The highest BCUT2D eigenvalue weighted by atomic mass is 32.1. The minimum Gasteiger partial charge on any atom is -0.481 e. The van der Waals surface area contributed by atoms with Crippen molar-refractivity contribution in [3.05, 3.63) is 29.0 Å². The van der Waals surface area contributed by atoms with Gasteiger partial charge in [-0.15, -0.1) is 11.3 Å². The Morgan fingerprint density at radius 3 is 2.50 bits per heavy atom. The van der Waals surface area contributed by atoms with Crippen LogP contribution in [0.5, 0.6) is 0 Å². The summed E-state index contributed by atoms with van der Waals surface area (Å²) in [4.78, 5) is 36.7. The number of nitrogens with zero attached hydrogens (tertiary/aromatic N) is 3. The molecule has 0 bridgehead atoms. The molecule has 24 heavy (non-hydrogen) atoms. The molecule has 2 heterocycles. The van der Waals surface area contributed by atoms with Crippen LogP contribution in [0.2, 0.25) is 0 Å². The van der Waals surface area contributed by atoms with Gasteiger partial charge in [-0.2, -0.15) is 0 Å². The lowest BCUT2D eigenvalue weighted by molar-refractivity contribution is -0.142. The maximum absolute atomic E-state index is 12.5. The molecule has 1 aliphatic carbocycles.